The van der Waals surface area contributed by atoms with Crippen molar-refractivity contribution in [2.75, 3.05) is 13.2 Å². The molecule has 0 saturated heterocycles. The van der Waals surface area contributed by atoms with Gasteiger partial charge in [-0.05, 0) is 74.9 Å². The molecule has 0 radical (unpaired) electrons. The molecule has 126 valence electrons. The Morgan fingerprint density at radius 3 is 1.79 bits per heavy atom. The highest BCUT2D eigenvalue weighted by Crippen LogP contribution is 2.13. The van der Waals surface area contributed by atoms with Crippen molar-refractivity contribution in [1.29, 1.82) is 0 Å². The van der Waals surface area contributed by atoms with Crippen LogP contribution in [0, 0.1) is 0 Å². The number of rotatable bonds is 7. The first-order chi connectivity index (χ1) is 11.6. The summed E-state index contributed by atoms with van der Waals surface area (Å²) < 4.78 is 10.8. The smallest absolute Gasteiger partial charge is 0.271 e. The molecule has 0 atom stereocenters. The van der Waals surface area contributed by atoms with Crippen LogP contribution in [0.15, 0.2) is 53.6 Å². The Morgan fingerprint density at radius 2 is 1.33 bits per heavy atom. The van der Waals surface area contributed by atoms with Crippen molar-refractivity contribution >= 4 is 11.6 Å². The summed E-state index contributed by atoms with van der Waals surface area (Å²) in [5.74, 6) is 1.29. The summed E-state index contributed by atoms with van der Waals surface area (Å²) in [6.45, 7) is 6.92. The summed E-state index contributed by atoms with van der Waals surface area (Å²) in [6, 6.07) is 14.5. The van der Waals surface area contributed by atoms with Crippen molar-refractivity contribution in [3.05, 3.63) is 59.7 Å². The van der Waals surface area contributed by atoms with Gasteiger partial charge < -0.3 is 9.47 Å². The predicted octanol–water partition coefficient (Wildman–Crippen LogP) is 3.64. The molecule has 0 aliphatic carbocycles. The van der Waals surface area contributed by atoms with Gasteiger partial charge in [0, 0.05) is 5.56 Å². The number of hydrogen-bond donors (Lipinski definition) is 1. The van der Waals surface area contributed by atoms with Crippen LogP contribution in [0.5, 0.6) is 11.5 Å². The second-order valence-corrected chi connectivity index (χ2v) is 5.05. The van der Waals surface area contributed by atoms with E-state index in [0.29, 0.717) is 18.8 Å². The first kappa shape index (κ1) is 17.5. The quantitative estimate of drug-likeness (QED) is 0.624. The number of nitrogens with one attached hydrogen (secondary N) is 1. The van der Waals surface area contributed by atoms with Crippen molar-refractivity contribution in [3.8, 4) is 11.5 Å². The second-order valence-electron chi connectivity index (χ2n) is 5.05. The van der Waals surface area contributed by atoms with Gasteiger partial charge >= 0.3 is 0 Å². The van der Waals surface area contributed by atoms with E-state index in [4.69, 9.17) is 9.47 Å². The summed E-state index contributed by atoms with van der Waals surface area (Å²) in [7, 11) is 0. The molecule has 1 amide bonds. The number of amides is 1. The van der Waals surface area contributed by atoms with Crippen molar-refractivity contribution < 1.29 is 14.3 Å². The molecule has 0 aliphatic rings. The van der Waals surface area contributed by atoms with Gasteiger partial charge in [0.25, 0.3) is 5.91 Å². The minimum absolute atomic E-state index is 0.261. The van der Waals surface area contributed by atoms with Gasteiger partial charge in [-0.1, -0.05) is 0 Å². The molecular formula is C19H22N2O3. The van der Waals surface area contributed by atoms with Crippen LogP contribution < -0.4 is 14.9 Å². The van der Waals surface area contributed by atoms with Gasteiger partial charge in [-0.2, -0.15) is 5.10 Å². The number of carbonyl (C=O) groups excluding carboxylic acids is 1. The van der Waals surface area contributed by atoms with Crippen molar-refractivity contribution in [3.63, 3.8) is 0 Å². The fraction of sp³-hybridized carbons (Fsp3) is 0.263. The van der Waals surface area contributed by atoms with Crippen molar-refractivity contribution in [2.24, 2.45) is 5.10 Å². The largest absolute Gasteiger partial charge is 0.494 e. The summed E-state index contributed by atoms with van der Waals surface area (Å²) in [5.41, 5.74) is 4.74. The average Bonchev–Trinajstić information content (AvgIpc) is 2.61. The lowest BCUT2D eigenvalue weighted by atomic mass is 10.1. The minimum atomic E-state index is -0.261. The molecule has 0 fully saturated rings. The third-order valence-corrected chi connectivity index (χ3v) is 3.34. The molecule has 0 heterocycles. The monoisotopic (exact) mass is 326 g/mol. The Balaban J connectivity index is 1.99. The third kappa shape index (κ3) is 4.84. The predicted molar refractivity (Wildman–Crippen MR) is 94.9 cm³/mol. The molecule has 0 aromatic heterocycles. The molecule has 0 saturated carbocycles. The maximum atomic E-state index is 12.1. The van der Waals surface area contributed by atoms with Crippen LogP contribution in [0.4, 0.5) is 0 Å². The summed E-state index contributed by atoms with van der Waals surface area (Å²) in [6.07, 6.45) is 0. The Morgan fingerprint density at radius 1 is 0.875 bits per heavy atom. The van der Waals surface area contributed by atoms with Gasteiger partial charge in [0.2, 0.25) is 0 Å². The summed E-state index contributed by atoms with van der Waals surface area (Å²) in [4.78, 5) is 12.1. The zero-order valence-electron chi connectivity index (χ0n) is 14.2. The van der Waals surface area contributed by atoms with E-state index in [-0.39, 0.29) is 5.91 Å². The number of carbonyl (C=O) groups is 1. The maximum absolute atomic E-state index is 12.1. The van der Waals surface area contributed by atoms with Crippen molar-refractivity contribution in [2.45, 2.75) is 20.8 Å². The summed E-state index contributed by atoms with van der Waals surface area (Å²) in [5, 5.41) is 4.15. The zero-order valence-corrected chi connectivity index (χ0v) is 14.2. The SMILES string of the molecule is CCOc1ccc(C(=O)N/N=C(\C)c2ccc(OCC)cc2)cc1. The molecular weight excluding hydrogens is 304 g/mol. The molecule has 1 N–H and O–H groups in total. The first-order valence-corrected chi connectivity index (χ1v) is 7.94. The van der Waals surface area contributed by atoms with Crippen LogP contribution >= 0.6 is 0 Å². The Hall–Kier alpha value is -2.82. The first-order valence-electron chi connectivity index (χ1n) is 7.94. The molecule has 24 heavy (non-hydrogen) atoms. The lowest BCUT2D eigenvalue weighted by molar-refractivity contribution is 0.0955. The standard InChI is InChI=1S/C19H22N2O3/c1-4-23-17-10-6-15(7-11-17)14(3)20-21-19(22)16-8-12-18(13-9-16)24-5-2/h6-13H,4-5H2,1-3H3,(H,21,22)/b20-14+. The average molecular weight is 326 g/mol. The zero-order chi connectivity index (χ0) is 17.4. The maximum Gasteiger partial charge on any atom is 0.271 e. The molecule has 2 rings (SSSR count). The van der Waals surface area contributed by atoms with E-state index in [0.717, 1.165) is 22.8 Å². The van der Waals surface area contributed by atoms with E-state index < -0.39 is 0 Å². The normalized spacial score (nSPS) is 11.0. The van der Waals surface area contributed by atoms with Gasteiger partial charge in [0.05, 0.1) is 18.9 Å². The van der Waals surface area contributed by atoms with Crippen LogP contribution in [0.2, 0.25) is 0 Å². The highest BCUT2D eigenvalue weighted by Gasteiger charge is 2.05. The highest BCUT2D eigenvalue weighted by molar-refractivity contribution is 6.00. The number of benzene rings is 2. The summed E-state index contributed by atoms with van der Waals surface area (Å²) >= 11 is 0. The Kier molecular flexibility index (Phi) is 6.37. The van der Waals surface area contributed by atoms with Gasteiger partial charge in [-0.15, -0.1) is 0 Å². The minimum Gasteiger partial charge on any atom is -0.494 e. The molecule has 2 aromatic carbocycles. The lowest BCUT2D eigenvalue weighted by Crippen LogP contribution is -2.19. The fourth-order valence-corrected chi connectivity index (χ4v) is 2.09. The van der Waals surface area contributed by atoms with E-state index in [9.17, 15) is 4.79 Å². The number of hydrazone groups is 1. The van der Waals surface area contributed by atoms with E-state index in [2.05, 4.69) is 10.5 Å². The van der Waals surface area contributed by atoms with Crippen LogP contribution in [0.25, 0.3) is 0 Å². The Bertz CT molecular complexity index is 692. The van der Waals surface area contributed by atoms with E-state index in [1.807, 2.05) is 45.0 Å². The second kappa shape index (κ2) is 8.72. The molecule has 0 aliphatic heterocycles. The molecule has 0 spiro atoms. The third-order valence-electron chi connectivity index (χ3n) is 3.34. The highest BCUT2D eigenvalue weighted by atomic mass is 16.5. The van der Waals surface area contributed by atoms with Crippen LogP contribution in [-0.2, 0) is 0 Å². The van der Waals surface area contributed by atoms with Gasteiger partial charge in [-0.25, -0.2) is 5.43 Å². The van der Waals surface area contributed by atoms with Gasteiger partial charge in [0.1, 0.15) is 11.5 Å². The molecule has 0 bridgehead atoms. The fourth-order valence-electron chi connectivity index (χ4n) is 2.09. The molecule has 0 unspecified atom stereocenters. The molecule has 2 aromatic rings. The Labute approximate surface area is 142 Å². The van der Waals surface area contributed by atoms with E-state index >= 15 is 0 Å². The topological polar surface area (TPSA) is 59.9 Å². The van der Waals surface area contributed by atoms with Crippen LogP contribution in [0.3, 0.4) is 0 Å². The van der Waals surface area contributed by atoms with Crippen LogP contribution in [-0.4, -0.2) is 24.8 Å². The van der Waals surface area contributed by atoms with Gasteiger partial charge in [0.15, 0.2) is 0 Å². The number of ether oxygens (including phenoxy) is 2. The van der Waals surface area contributed by atoms with Crippen molar-refractivity contribution in [1.82, 2.24) is 5.43 Å². The molecule has 5 nitrogen and oxygen atoms in total. The number of nitrogens with zero attached hydrogens (tertiary/aromatic N) is 1. The number of hydrogen-bond acceptors (Lipinski definition) is 4. The van der Waals surface area contributed by atoms with E-state index in [1.165, 1.54) is 0 Å². The lowest BCUT2D eigenvalue weighted by Gasteiger charge is -2.06. The van der Waals surface area contributed by atoms with Gasteiger partial charge in [-0.3, -0.25) is 4.79 Å². The van der Waals surface area contributed by atoms with Crippen LogP contribution in [0.1, 0.15) is 36.7 Å². The molecule has 5 heteroatoms. The van der Waals surface area contributed by atoms with E-state index in [1.54, 1.807) is 24.3 Å².